The number of ether oxygens (including phenoxy) is 2. The molecule has 9 nitrogen and oxygen atoms in total. The molecule has 2 unspecified atom stereocenters. The molecule has 242 valence electrons. The minimum Gasteiger partial charge on any atom is -0.494 e. The number of amides is 3. The van der Waals surface area contributed by atoms with Crippen LogP contribution in [0.25, 0.3) is 0 Å². The van der Waals surface area contributed by atoms with E-state index in [1.165, 1.54) is 0 Å². The van der Waals surface area contributed by atoms with Gasteiger partial charge in [0.05, 0.1) is 36.7 Å². The van der Waals surface area contributed by atoms with Crippen LogP contribution in [0.3, 0.4) is 0 Å². The fourth-order valence-electron chi connectivity index (χ4n) is 7.88. The predicted octanol–water partition coefficient (Wildman–Crippen LogP) is 4.59. The maximum absolute atomic E-state index is 14.8. The van der Waals surface area contributed by atoms with E-state index >= 15 is 0 Å². The smallest absolute Gasteiger partial charge is 0.248 e. The molecule has 3 saturated heterocycles. The third-order valence-corrected chi connectivity index (χ3v) is 9.74. The summed E-state index contributed by atoms with van der Waals surface area (Å²) in [5, 5.41) is 10.6. The van der Waals surface area contributed by atoms with E-state index in [1.54, 1.807) is 26.9 Å². The van der Waals surface area contributed by atoms with Crippen molar-refractivity contribution in [3.63, 3.8) is 0 Å². The Balaban J connectivity index is 1.85. The van der Waals surface area contributed by atoms with Crippen molar-refractivity contribution in [1.82, 2.24) is 9.80 Å². The average molecular weight is 610 g/mol. The Labute approximate surface area is 262 Å². The van der Waals surface area contributed by atoms with Crippen LogP contribution >= 0.6 is 0 Å². The molecule has 3 amide bonds. The van der Waals surface area contributed by atoms with E-state index in [1.807, 2.05) is 65.8 Å². The first-order chi connectivity index (χ1) is 21.0. The number of aliphatic hydroxyl groups excluding tert-OH is 1. The molecule has 1 aromatic rings. The number of fused-ring (bicyclic) bond motifs is 1. The first-order valence-electron chi connectivity index (χ1n) is 16.2. The molecule has 3 fully saturated rings. The van der Waals surface area contributed by atoms with Gasteiger partial charge in [0.15, 0.2) is 0 Å². The Kier molecular flexibility index (Phi) is 10.3. The lowest BCUT2D eigenvalue weighted by atomic mass is 9.64. The average Bonchev–Trinajstić information content (AvgIpc) is 3.60. The third kappa shape index (κ3) is 5.58. The van der Waals surface area contributed by atoms with Crippen molar-refractivity contribution in [2.75, 3.05) is 31.2 Å². The fraction of sp³-hybridized carbons (Fsp3) is 0.629. The minimum atomic E-state index is -1.18. The van der Waals surface area contributed by atoms with E-state index in [9.17, 15) is 19.5 Å². The summed E-state index contributed by atoms with van der Waals surface area (Å²) in [6.07, 6.45) is 5.44. The van der Waals surface area contributed by atoms with Gasteiger partial charge in [-0.1, -0.05) is 32.9 Å². The first kappa shape index (κ1) is 33.7. The summed E-state index contributed by atoms with van der Waals surface area (Å²) < 4.78 is 12.6. The van der Waals surface area contributed by atoms with Gasteiger partial charge in [0.2, 0.25) is 17.7 Å². The number of benzene rings is 1. The van der Waals surface area contributed by atoms with Crippen LogP contribution in [0.5, 0.6) is 5.75 Å². The molecule has 1 spiro atoms. The second-order valence-electron chi connectivity index (χ2n) is 13.1. The summed E-state index contributed by atoms with van der Waals surface area (Å²) >= 11 is 0. The van der Waals surface area contributed by atoms with E-state index in [2.05, 4.69) is 13.2 Å². The summed E-state index contributed by atoms with van der Waals surface area (Å²) in [6, 6.07) is 5.64. The number of rotatable bonds is 15. The molecule has 4 rings (SSSR count). The second-order valence-corrected chi connectivity index (χ2v) is 13.1. The van der Waals surface area contributed by atoms with E-state index in [0.717, 1.165) is 0 Å². The molecule has 1 aromatic carbocycles. The lowest BCUT2D eigenvalue weighted by molar-refractivity contribution is -0.157. The minimum absolute atomic E-state index is 0.149. The van der Waals surface area contributed by atoms with Gasteiger partial charge in [-0.15, -0.1) is 13.2 Å². The number of aliphatic hydroxyl groups is 1. The molecule has 9 heteroatoms. The van der Waals surface area contributed by atoms with Crippen LogP contribution in [0.2, 0.25) is 0 Å². The van der Waals surface area contributed by atoms with Crippen molar-refractivity contribution in [3.8, 4) is 5.75 Å². The normalized spacial score (nSPS) is 27.9. The summed E-state index contributed by atoms with van der Waals surface area (Å²) in [7, 11) is 0. The number of carbonyl (C=O) groups excluding carboxylic acids is 3. The van der Waals surface area contributed by atoms with Crippen molar-refractivity contribution in [2.24, 2.45) is 17.8 Å². The lowest BCUT2D eigenvalue weighted by Gasteiger charge is -2.41. The molecule has 6 atom stereocenters. The first-order valence-corrected chi connectivity index (χ1v) is 16.2. The van der Waals surface area contributed by atoms with Gasteiger partial charge in [-0.2, -0.15) is 0 Å². The summed E-state index contributed by atoms with van der Waals surface area (Å²) in [5.74, 6) is -1.52. The van der Waals surface area contributed by atoms with Gasteiger partial charge >= 0.3 is 0 Å². The van der Waals surface area contributed by atoms with Crippen LogP contribution in [0.1, 0.15) is 67.2 Å². The monoisotopic (exact) mass is 609 g/mol. The Hall–Kier alpha value is -3.17. The van der Waals surface area contributed by atoms with Crippen LogP contribution in [-0.2, 0) is 19.1 Å². The van der Waals surface area contributed by atoms with Gasteiger partial charge < -0.3 is 29.3 Å². The van der Waals surface area contributed by atoms with Crippen LogP contribution in [-0.4, -0.2) is 88.3 Å². The van der Waals surface area contributed by atoms with Crippen LogP contribution < -0.4 is 9.64 Å². The Bertz CT molecular complexity index is 1230. The van der Waals surface area contributed by atoms with Crippen LogP contribution in [0.4, 0.5) is 5.69 Å². The quantitative estimate of drug-likeness (QED) is 0.292. The molecule has 0 aliphatic carbocycles. The molecule has 3 aliphatic rings. The zero-order valence-corrected chi connectivity index (χ0v) is 27.3. The maximum atomic E-state index is 14.8. The zero-order chi connectivity index (χ0) is 32.4. The van der Waals surface area contributed by atoms with Gasteiger partial charge in [0.25, 0.3) is 0 Å². The Morgan fingerprint density at radius 2 is 1.75 bits per heavy atom. The summed E-state index contributed by atoms with van der Waals surface area (Å²) in [6.45, 7) is 20.4. The molecule has 2 bridgehead atoms. The van der Waals surface area contributed by atoms with E-state index in [0.29, 0.717) is 50.3 Å². The van der Waals surface area contributed by atoms with Gasteiger partial charge in [-0.25, -0.2) is 0 Å². The van der Waals surface area contributed by atoms with Crippen LogP contribution in [0.15, 0.2) is 49.6 Å². The Morgan fingerprint density at radius 1 is 1.09 bits per heavy atom. The van der Waals surface area contributed by atoms with Crippen molar-refractivity contribution >= 4 is 23.4 Å². The number of hydrogen-bond acceptors (Lipinski definition) is 6. The summed E-state index contributed by atoms with van der Waals surface area (Å²) in [4.78, 5) is 49.1. The molecular formula is C35H51N3O6. The molecule has 0 saturated carbocycles. The molecule has 3 aliphatic heterocycles. The third-order valence-electron chi connectivity index (χ3n) is 9.74. The maximum Gasteiger partial charge on any atom is 0.248 e. The largest absolute Gasteiger partial charge is 0.494 e. The highest BCUT2D eigenvalue weighted by molar-refractivity contribution is 6.03. The highest BCUT2D eigenvalue weighted by atomic mass is 16.5. The topological polar surface area (TPSA) is 99.6 Å². The van der Waals surface area contributed by atoms with Crippen LogP contribution in [0, 0.1) is 17.8 Å². The standard InChI is InChI=1S/C35H51N3O6/c1-9-19-36(24(7)8)33(42)30-35-18-17-34(11-3,44-35)28(29(35)32(41)38(30)26(22-39)21-23(5)6)31(40)37(20-10-2)25-13-15-27(16-14-25)43-12-4/h9-10,13-16,23-24,26,28-30,39H,1-2,11-12,17-22H2,3-8H3/t26-,28-,29+,30?,34+,35?/m1/s1. The predicted molar refractivity (Wildman–Crippen MR) is 171 cm³/mol. The highest BCUT2D eigenvalue weighted by Crippen LogP contribution is 2.65. The van der Waals surface area contributed by atoms with E-state index in [-0.39, 0.29) is 42.8 Å². The number of anilines is 1. The highest BCUT2D eigenvalue weighted by Gasteiger charge is 2.79. The number of nitrogens with zero attached hydrogens (tertiary/aromatic N) is 3. The van der Waals surface area contributed by atoms with Gasteiger partial charge in [0.1, 0.15) is 17.4 Å². The van der Waals surface area contributed by atoms with E-state index < -0.39 is 35.1 Å². The molecule has 44 heavy (non-hydrogen) atoms. The van der Waals surface area contributed by atoms with Crippen molar-refractivity contribution < 1.29 is 29.0 Å². The molecule has 3 heterocycles. The SMILES string of the molecule is C=CCN(C(=O)[C@H]1[C@H]2C(=O)N([C@@H](CO)CC(C)C)C(C(=O)N(CC=C)C(C)C)C23CC[C@]1(CC)O3)c1ccc(OCC)cc1. The number of carbonyl (C=O) groups is 3. The van der Waals surface area contributed by atoms with Gasteiger partial charge in [0, 0.05) is 24.8 Å². The second kappa shape index (κ2) is 13.4. The van der Waals surface area contributed by atoms with Gasteiger partial charge in [-0.3, -0.25) is 14.4 Å². The fourth-order valence-corrected chi connectivity index (χ4v) is 7.88. The Morgan fingerprint density at radius 3 is 2.27 bits per heavy atom. The number of likely N-dealkylation sites (tertiary alicyclic amines) is 1. The number of hydrogen-bond donors (Lipinski definition) is 1. The molecule has 0 radical (unpaired) electrons. The molecule has 0 aromatic heterocycles. The zero-order valence-electron chi connectivity index (χ0n) is 27.3. The summed E-state index contributed by atoms with van der Waals surface area (Å²) in [5.41, 5.74) is -1.40. The van der Waals surface area contributed by atoms with Crippen molar-refractivity contribution in [2.45, 2.75) is 96.6 Å². The molecular weight excluding hydrogens is 558 g/mol. The lowest BCUT2D eigenvalue weighted by Crippen LogP contribution is -2.60. The van der Waals surface area contributed by atoms with Gasteiger partial charge in [-0.05, 0) is 76.6 Å². The van der Waals surface area contributed by atoms with Crippen molar-refractivity contribution in [3.05, 3.63) is 49.6 Å². The molecule has 1 N–H and O–H groups in total. The van der Waals surface area contributed by atoms with Crippen molar-refractivity contribution in [1.29, 1.82) is 0 Å². The van der Waals surface area contributed by atoms with E-state index in [4.69, 9.17) is 9.47 Å².